The lowest BCUT2D eigenvalue weighted by molar-refractivity contribution is -0.149. The van der Waals surface area contributed by atoms with Gasteiger partial charge < -0.3 is 9.64 Å². The molecule has 2 aromatic rings. The molecule has 4 nitrogen and oxygen atoms in total. The van der Waals surface area contributed by atoms with Crippen LogP contribution in [0.2, 0.25) is 0 Å². The van der Waals surface area contributed by atoms with Crippen LogP contribution in [0.4, 0.5) is 13.2 Å². The predicted molar refractivity (Wildman–Crippen MR) is 93.6 cm³/mol. The standard InChI is InChI=1S/C20H20F3NO3/c1-2-27-19(26)14-24(13-15-7-4-3-5-8-15)18(25)12-16-9-6-10-17(11-16)20(21,22)23/h3-11H,2,12-14H2,1H3. The number of hydrogen-bond acceptors (Lipinski definition) is 3. The summed E-state index contributed by atoms with van der Waals surface area (Å²) in [7, 11) is 0. The first-order valence-corrected chi connectivity index (χ1v) is 8.43. The zero-order valence-electron chi connectivity index (χ0n) is 14.8. The highest BCUT2D eigenvalue weighted by Crippen LogP contribution is 2.29. The zero-order valence-corrected chi connectivity index (χ0v) is 14.8. The van der Waals surface area contributed by atoms with E-state index in [1.54, 1.807) is 31.2 Å². The van der Waals surface area contributed by atoms with Crippen molar-refractivity contribution in [1.29, 1.82) is 0 Å². The molecule has 1 amide bonds. The summed E-state index contributed by atoms with van der Waals surface area (Å²) < 4.78 is 43.4. The van der Waals surface area contributed by atoms with Crippen molar-refractivity contribution in [3.05, 3.63) is 71.3 Å². The lowest BCUT2D eigenvalue weighted by Crippen LogP contribution is -2.37. The van der Waals surface area contributed by atoms with Gasteiger partial charge in [-0.1, -0.05) is 48.5 Å². The number of amides is 1. The molecule has 0 bridgehead atoms. The quantitative estimate of drug-likeness (QED) is 0.687. The Bertz CT molecular complexity index is 776. The summed E-state index contributed by atoms with van der Waals surface area (Å²) in [5.74, 6) is -1.02. The molecule has 0 atom stereocenters. The van der Waals surface area contributed by atoms with E-state index in [0.717, 1.165) is 17.7 Å². The number of carbonyl (C=O) groups excluding carboxylic acids is 2. The van der Waals surface area contributed by atoms with Crippen LogP contribution in [-0.4, -0.2) is 29.9 Å². The number of hydrogen-bond donors (Lipinski definition) is 0. The minimum Gasteiger partial charge on any atom is -0.465 e. The van der Waals surface area contributed by atoms with Gasteiger partial charge in [0.1, 0.15) is 6.54 Å². The number of ether oxygens (including phenoxy) is 1. The van der Waals surface area contributed by atoms with Gasteiger partial charge in [0.2, 0.25) is 5.91 Å². The summed E-state index contributed by atoms with van der Waals surface area (Å²) >= 11 is 0. The molecule has 0 saturated heterocycles. The second kappa shape index (κ2) is 9.21. The molecular weight excluding hydrogens is 359 g/mol. The number of alkyl halides is 3. The van der Waals surface area contributed by atoms with Crippen LogP contribution in [0.5, 0.6) is 0 Å². The van der Waals surface area contributed by atoms with E-state index in [2.05, 4.69) is 0 Å². The Morgan fingerprint density at radius 1 is 1.00 bits per heavy atom. The molecular formula is C20H20F3NO3. The van der Waals surface area contributed by atoms with Crippen LogP contribution >= 0.6 is 0 Å². The first-order chi connectivity index (χ1) is 12.8. The first kappa shape index (κ1) is 20.5. The van der Waals surface area contributed by atoms with Gasteiger partial charge in [-0.05, 0) is 24.1 Å². The van der Waals surface area contributed by atoms with E-state index in [-0.39, 0.29) is 31.7 Å². The highest BCUT2D eigenvalue weighted by Gasteiger charge is 2.30. The van der Waals surface area contributed by atoms with Gasteiger partial charge >= 0.3 is 12.1 Å². The summed E-state index contributed by atoms with van der Waals surface area (Å²) in [6.45, 7) is 1.74. The third-order valence-electron chi connectivity index (χ3n) is 3.80. The van der Waals surface area contributed by atoms with Crippen LogP contribution in [0.3, 0.4) is 0 Å². The lowest BCUT2D eigenvalue weighted by atomic mass is 10.1. The zero-order chi connectivity index (χ0) is 19.9. The van der Waals surface area contributed by atoms with Gasteiger partial charge in [0.05, 0.1) is 18.6 Å². The van der Waals surface area contributed by atoms with Gasteiger partial charge in [0, 0.05) is 6.54 Å². The monoisotopic (exact) mass is 379 g/mol. The average Bonchev–Trinajstić information content (AvgIpc) is 2.62. The number of halogens is 3. The van der Waals surface area contributed by atoms with Crippen LogP contribution in [0.1, 0.15) is 23.6 Å². The van der Waals surface area contributed by atoms with Crippen molar-refractivity contribution in [3.63, 3.8) is 0 Å². The van der Waals surface area contributed by atoms with Gasteiger partial charge in [-0.3, -0.25) is 9.59 Å². The highest BCUT2D eigenvalue weighted by atomic mass is 19.4. The molecule has 0 aliphatic heterocycles. The largest absolute Gasteiger partial charge is 0.465 e. The molecule has 0 aliphatic carbocycles. The fourth-order valence-electron chi connectivity index (χ4n) is 2.54. The molecule has 0 spiro atoms. The normalized spacial score (nSPS) is 11.1. The smallest absolute Gasteiger partial charge is 0.416 e. The summed E-state index contributed by atoms with van der Waals surface area (Å²) in [5.41, 5.74) is 0.226. The van der Waals surface area contributed by atoms with Gasteiger partial charge in [0.25, 0.3) is 0 Å². The molecule has 0 aromatic heterocycles. The molecule has 7 heteroatoms. The predicted octanol–water partition coefficient (Wildman–Crippen LogP) is 3.84. The van der Waals surface area contributed by atoms with E-state index in [9.17, 15) is 22.8 Å². The number of esters is 1. The van der Waals surface area contributed by atoms with Gasteiger partial charge in [-0.15, -0.1) is 0 Å². The molecule has 2 rings (SSSR count). The number of nitrogens with zero attached hydrogens (tertiary/aromatic N) is 1. The van der Waals surface area contributed by atoms with Crippen molar-refractivity contribution in [2.24, 2.45) is 0 Å². The Balaban J connectivity index is 2.16. The van der Waals surface area contributed by atoms with Gasteiger partial charge in [0.15, 0.2) is 0 Å². The van der Waals surface area contributed by atoms with E-state index in [0.29, 0.717) is 0 Å². The molecule has 0 N–H and O–H groups in total. The van der Waals surface area contributed by atoms with Gasteiger partial charge in [-0.2, -0.15) is 13.2 Å². The summed E-state index contributed by atoms with van der Waals surface area (Å²) in [5, 5.41) is 0. The maximum atomic E-state index is 12.9. The fourth-order valence-corrected chi connectivity index (χ4v) is 2.54. The van der Waals surface area contributed by atoms with E-state index in [4.69, 9.17) is 4.74 Å². The number of rotatable bonds is 7. The number of benzene rings is 2. The Hall–Kier alpha value is -2.83. The Morgan fingerprint density at radius 2 is 1.67 bits per heavy atom. The SMILES string of the molecule is CCOC(=O)CN(Cc1ccccc1)C(=O)Cc1cccc(C(F)(F)F)c1. The van der Waals surface area contributed by atoms with Crippen LogP contribution in [0.15, 0.2) is 54.6 Å². The van der Waals surface area contributed by atoms with Crippen LogP contribution in [0, 0.1) is 0 Å². The minimum absolute atomic E-state index is 0.164. The highest BCUT2D eigenvalue weighted by molar-refractivity contribution is 5.83. The first-order valence-electron chi connectivity index (χ1n) is 8.43. The van der Waals surface area contributed by atoms with E-state index < -0.39 is 23.6 Å². The third-order valence-corrected chi connectivity index (χ3v) is 3.80. The third kappa shape index (κ3) is 6.44. The molecule has 0 fully saturated rings. The van der Waals surface area contributed by atoms with Crippen molar-refractivity contribution in [3.8, 4) is 0 Å². The molecule has 0 unspecified atom stereocenters. The maximum Gasteiger partial charge on any atom is 0.416 e. The maximum absolute atomic E-state index is 12.9. The molecule has 144 valence electrons. The van der Waals surface area contributed by atoms with E-state index in [1.807, 2.05) is 6.07 Å². The van der Waals surface area contributed by atoms with Crippen molar-refractivity contribution in [1.82, 2.24) is 4.90 Å². The van der Waals surface area contributed by atoms with Crippen molar-refractivity contribution >= 4 is 11.9 Å². The molecule has 0 radical (unpaired) electrons. The number of carbonyl (C=O) groups is 2. The molecule has 0 heterocycles. The topological polar surface area (TPSA) is 46.6 Å². The van der Waals surface area contributed by atoms with Crippen LogP contribution in [0.25, 0.3) is 0 Å². The minimum atomic E-state index is -4.48. The van der Waals surface area contributed by atoms with Crippen LogP contribution in [-0.2, 0) is 33.5 Å². The fraction of sp³-hybridized carbons (Fsp3) is 0.300. The van der Waals surface area contributed by atoms with Crippen molar-refractivity contribution in [2.45, 2.75) is 26.1 Å². The van der Waals surface area contributed by atoms with E-state index in [1.165, 1.54) is 17.0 Å². The lowest BCUT2D eigenvalue weighted by Gasteiger charge is -2.22. The summed E-state index contributed by atoms with van der Waals surface area (Å²) in [6, 6.07) is 13.6. The average molecular weight is 379 g/mol. The molecule has 2 aromatic carbocycles. The Kier molecular flexibility index (Phi) is 6.98. The van der Waals surface area contributed by atoms with E-state index >= 15 is 0 Å². The second-order valence-electron chi connectivity index (χ2n) is 5.92. The Morgan fingerprint density at radius 3 is 2.30 bits per heavy atom. The summed E-state index contributed by atoms with van der Waals surface area (Å²) in [6.07, 6.45) is -4.72. The van der Waals surface area contributed by atoms with Crippen molar-refractivity contribution < 1.29 is 27.5 Å². The van der Waals surface area contributed by atoms with Gasteiger partial charge in [-0.25, -0.2) is 0 Å². The van der Waals surface area contributed by atoms with Crippen LogP contribution < -0.4 is 0 Å². The van der Waals surface area contributed by atoms with Crippen molar-refractivity contribution in [2.75, 3.05) is 13.2 Å². The summed E-state index contributed by atoms with van der Waals surface area (Å²) in [4.78, 5) is 25.8. The molecule has 27 heavy (non-hydrogen) atoms. The molecule has 0 saturated carbocycles. The molecule has 0 aliphatic rings. The second-order valence-corrected chi connectivity index (χ2v) is 5.92. The Labute approximate surface area is 155 Å².